The zero-order valence-corrected chi connectivity index (χ0v) is 18.0. The molecule has 1 aliphatic heterocycles. The molecule has 0 bridgehead atoms. The standard InChI is InChI=1S/C23H27BrFN3O/c24-18-10-11-21(25)17(13-18)15-26-23(27-19-7-3-8-20(29)14-19)28-12-4-6-16-5-1-2-9-22(16)28/h3,7-8,10-11,13-14,16,22,29H,1-2,4-6,9,12,15H2,(H,26,27). The summed E-state index contributed by atoms with van der Waals surface area (Å²) in [5, 5.41) is 13.3. The van der Waals surface area contributed by atoms with E-state index in [1.54, 1.807) is 24.3 Å². The molecule has 0 spiro atoms. The molecule has 2 N–H and O–H groups in total. The number of phenolic OH excluding ortho intramolecular Hbond substituents is 1. The van der Waals surface area contributed by atoms with Crippen LogP contribution in [0.5, 0.6) is 5.75 Å². The summed E-state index contributed by atoms with van der Waals surface area (Å²) in [7, 11) is 0. The predicted molar refractivity (Wildman–Crippen MR) is 119 cm³/mol. The average molecular weight is 460 g/mol. The lowest BCUT2D eigenvalue weighted by molar-refractivity contribution is 0.119. The molecule has 1 saturated carbocycles. The first-order valence-corrected chi connectivity index (χ1v) is 11.2. The van der Waals surface area contributed by atoms with E-state index >= 15 is 0 Å². The summed E-state index contributed by atoms with van der Waals surface area (Å²) >= 11 is 3.42. The number of fused-ring (bicyclic) bond motifs is 1. The first-order chi connectivity index (χ1) is 14.1. The number of hydrogen-bond acceptors (Lipinski definition) is 2. The van der Waals surface area contributed by atoms with Crippen molar-refractivity contribution in [3.63, 3.8) is 0 Å². The van der Waals surface area contributed by atoms with Crippen molar-refractivity contribution in [1.82, 2.24) is 4.90 Å². The Kier molecular flexibility index (Phi) is 6.38. The fourth-order valence-corrected chi connectivity index (χ4v) is 5.04. The number of likely N-dealkylation sites (tertiary alicyclic amines) is 1. The Morgan fingerprint density at radius 3 is 2.83 bits per heavy atom. The van der Waals surface area contributed by atoms with Gasteiger partial charge in [0, 0.05) is 34.4 Å². The fourth-order valence-electron chi connectivity index (χ4n) is 4.63. The van der Waals surface area contributed by atoms with Gasteiger partial charge < -0.3 is 15.3 Å². The number of rotatable bonds is 3. The largest absolute Gasteiger partial charge is 0.508 e. The lowest BCUT2D eigenvalue weighted by Gasteiger charge is -2.45. The van der Waals surface area contributed by atoms with Crippen LogP contribution in [0, 0.1) is 11.7 Å². The van der Waals surface area contributed by atoms with Crippen LogP contribution in [-0.4, -0.2) is 28.6 Å². The normalized spacial score (nSPS) is 22.3. The lowest BCUT2D eigenvalue weighted by Crippen LogP contribution is -2.51. The summed E-state index contributed by atoms with van der Waals surface area (Å²) in [6.45, 7) is 1.22. The Labute approximate surface area is 180 Å². The molecule has 2 aromatic rings. The molecule has 1 aliphatic carbocycles. The van der Waals surface area contributed by atoms with E-state index in [1.165, 1.54) is 38.2 Å². The number of phenols is 1. The minimum atomic E-state index is -0.247. The maximum Gasteiger partial charge on any atom is 0.199 e. The molecule has 0 radical (unpaired) electrons. The van der Waals surface area contributed by atoms with Crippen LogP contribution in [0.15, 0.2) is 51.9 Å². The molecule has 4 rings (SSSR count). The Morgan fingerprint density at radius 1 is 1.14 bits per heavy atom. The molecule has 2 atom stereocenters. The van der Waals surface area contributed by atoms with Crippen molar-refractivity contribution in [1.29, 1.82) is 0 Å². The van der Waals surface area contributed by atoms with Gasteiger partial charge in [0.2, 0.25) is 0 Å². The number of guanidine groups is 1. The molecule has 2 aromatic carbocycles. The van der Waals surface area contributed by atoms with E-state index in [9.17, 15) is 9.50 Å². The third kappa shape index (κ3) is 4.92. The van der Waals surface area contributed by atoms with Crippen molar-refractivity contribution in [3.05, 3.63) is 58.3 Å². The second-order valence-electron chi connectivity index (χ2n) is 8.00. The second kappa shape index (κ2) is 9.16. The zero-order valence-electron chi connectivity index (χ0n) is 16.5. The van der Waals surface area contributed by atoms with Crippen molar-refractivity contribution in [2.75, 3.05) is 11.9 Å². The third-order valence-electron chi connectivity index (χ3n) is 6.02. The molecular formula is C23H27BrFN3O. The molecule has 29 heavy (non-hydrogen) atoms. The van der Waals surface area contributed by atoms with Gasteiger partial charge in [-0.05, 0) is 61.9 Å². The Balaban J connectivity index is 1.63. The number of nitrogens with zero attached hydrogens (tertiary/aromatic N) is 2. The number of halogens is 2. The van der Waals surface area contributed by atoms with E-state index in [-0.39, 0.29) is 18.1 Å². The van der Waals surface area contributed by atoms with Crippen LogP contribution in [0.4, 0.5) is 10.1 Å². The summed E-state index contributed by atoms with van der Waals surface area (Å²) in [6.07, 6.45) is 7.44. The number of piperidine rings is 1. The summed E-state index contributed by atoms with van der Waals surface area (Å²) in [5.41, 5.74) is 1.35. The Hall–Kier alpha value is -2.08. The number of anilines is 1. The highest BCUT2D eigenvalue weighted by Crippen LogP contribution is 2.35. The number of aliphatic imine (C=N–C) groups is 1. The molecule has 154 valence electrons. The van der Waals surface area contributed by atoms with E-state index in [0.29, 0.717) is 17.5 Å². The van der Waals surface area contributed by atoms with Gasteiger partial charge in [-0.3, -0.25) is 0 Å². The van der Waals surface area contributed by atoms with Crippen molar-refractivity contribution in [2.45, 2.75) is 51.1 Å². The van der Waals surface area contributed by atoms with E-state index in [1.807, 2.05) is 12.1 Å². The second-order valence-corrected chi connectivity index (χ2v) is 8.91. The summed E-state index contributed by atoms with van der Waals surface area (Å²) in [4.78, 5) is 7.21. The number of nitrogens with one attached hydrogen (secondary N) is 1. The van der Waals surface area contributed by atoms with Crippen molar-refractivity contribution < 1.29 is 9.50 Å². The molecule has 6 heteroatoms. The topological polar surface area (TPSA) is 47.9 Å². The van der Waals surface area contributed by atoms with Crippen LogP contribution < -0.4 is 5.32 Å². The van der Waals surface area contributed by atoms with Gasteiger partial charge in [-0.15, -0.1) is 0 Å². The maximum absolute atomic E-state index is 14.3. The van der Waals surface area contributed by atoms with Crippen molar-refractivity contribution in [2.24, 2.45) is 10.9 Å². The number of benzene rings is 2. The van der Waals surface area contributed by atoms with E-state index in [4.69, 9.17) is 4.99 Å². The van der Waals surface area contributed by atoms with Crippen molar-refractivity contribution >= 4 is 27.6 Å². The minimum absolute atomic E-state index is 0.210. The molecule has 2 unspecified atom stereocenters. The molecule has 0 aromatic heterocycles. The molecule has 1 saturated heterocycles. The van der Waals surface area contributed by atoms with Crippen molar-refractivity contribution in [3.8, 4) is 5.75 Å². The highest BCUT2D eigenvalue weighted by Gasteiger charge is 2.35. The highest BCUT2D eigenvalue weighted by molar-refractivity contribution is 9.10. The Bertz CT molecular complexity index is 886. The van der Waals surface area contributed by atoms with Gasteiger partial charge in [0.15, 0.2) is 5.96 Å². The Morgan fingerprint density at radius 2 is 1.97 bits per heavy atom. The van der Waals surface area contributed by atoms with Gasteiger partial charge >= 0.3 is 0 Å². The zero-order chi connectivity index (χ0) is 20.2. The van der Waals surface area contributed by atoms with Gasteiger partial charge in [0.1, 0.15) is 11.6 Å². The SMILES string of the molecule is Oc1cccc(NC(=NCc2cc(Br)ccc2F)N2CCCC3CCCCC32)c1. The lowest BCUT2D eigenvalue weighted by atomic mass is 9.78. The quantitative estimate of drug-likeness (QED) is 0.442. The number of aromatic hydroxyl groups is 1. The minimum Gasteiger partial charge on any atom is -0.508 e. The van der Waals surface area contributed by atoms with Crippen LogP contribution in [0.25, 0.3) is 0 Å². The molecule has 0 amide bonds. The van der Waals surface area contributed by atoms with E-state index in [2.05, 4.69) is 26.1 Å². The first-order valence-electron chi connectivity index (χ1n) is 10.4. The predicted octanol–water partition coefficient (Wildman–Crippen LogP) is 5.92. The summed E-state index contributed by atoms with van der Waals surface area (Å²) in [5.74, 6) is 1.44. The van der Waals surface area contributed by atoms with Gasteiger partial charge in [-0.1, -0.05) is 34.8 Å². The van der Waals surface area contributed by atoms with E-state index in [0.717, 1.165) is 29.1 Å². The van der Waals surface area contributed by atoms with Gasteiger partial charge in [-0.2, -0.15) is 0 Å². The average Bonchev–Trinajstić information content (AvgIpc) is 2.73. The van der Waals surface area contributed by atoms with Crippen LogP contribution in [-0.2, 0) is 6.54 Å². The van der Waals surface area contributed by atoms with Crippen LogP contribution in [0.1, 0.15) is 44.1 Å². The smallest absolute Gasteiger partial charge is 0.199 e. The maximum atomic E-state index is 14.3. The van der Waals surface area contributed by atoms with Gasteiger partial charge in [0.25, 0.3) is 0 Å². The molecule has 1 heterocycles. The molecule has 2 aliphatic rings. The molecule has 4 nitrogen and oxygen atoms in total. The highest BCUT2D eigenvalue weighted by atomic mass is 79.9. The fraction of sp³-hybridized carbons (Fsp3) is 0.435. The van der Waals surface area contributed by atoms with Crippen LogP contribution >= 0.6 is 15.9 Å². The van der Waals surface area contributed by atoms with E-state index < -0.39 is 0 Å². The molecular weight excluding hydrogens is 433 g/mol. The summed E-state index contributed by atoms with van der Waals surface area (Å²) in [6, 6.07) is 12.5. The monoisotopic (exact) mass is 459 g/mol. The van der Waals surface area contributed by atoms with Crippen LogP contribution in [0.3, 0.4) is 0 Å². The first kappa shape index (κ1) is 20.2. The van der Waals surface area contributed by atoms with Gasteiger partial charge in [-0.25, -0.2) is 9.38 Å². The summed E-state index contributed by atoms with van der Waals surface area (Å²) < 4.78 is 15.1. The van der Waals surface area contributed by atoms with Gasteiger partial charge in [0.05, 0.1) is 6.54 Å². The third-order valence-corrected chi connectivity index (χ3v) is 6.52. The number of hydrogen-bond donors (Lipinski definition) is 2. The van der Waals surface area contributed by atoms with Crippen LogP contribution in [0.2, 0.25) is 0 Å². The molecule has 2 fully saturated rings.